The average Bonchev–Trinajstić information content (AvgIpc) is 2.82. The number of hydrogen-bond donors (Lipinski definition) is 1. The molecular weight excluding hydrogens is 210 g/mol. The van der Waals surface area contributed by atoms with Gasteiger partial charge in [0.1, 0.15) is 12.3 Å². The fourth-order valence-electron chi connectivity index (χ4n) is 1.32. The first-order chi connectivity index (χ1) is 7.70. The normalized spacial score (nSPS) is 10.9. The number of rotatable bonds is 4. The predicted octanol–water partition coefficient (Wildman–Crippen LogP) is 0.351. The number of nitrogens with two attached hydrogens (primary N) is 1. The van der Waals surface area contributed by atoms with Gasteiger partial charge in [0.15, 0.2) is 11.6 Å². The highest BCUT2D eigenvalue weighted by atomic mass is 16.5. The fraction of sp³-hybridized carbons (Fsp3) is 0.444. The van der Waals surface area contributed by atoms with Gasteiger partial charge in [0, 0.05) is 13.2 Å². The van der Waals surface area contributed by atoms with Crippen LogP contribution in [0.3, 0.4) is 0 Å². The van der Waals surface area contributed by atoms with Gasteiger partial charge in [-0.15, -0.1) is 5.10 Å². The summed E-state index contributed by atoms with van der Waals surface area (Å²) in [6.07, 6.45) is 0. The van der Waals surface area contributed by atoms with E-state index in [4.69, 9.17) is 15.0 Å². The van der Waals surface area contributed by atoms with Crippen molar-refractivity contribution in [2.24, 2.45) is 0 Å². The highest BCUT2D eigenvalue weighted by molar-refractivity contribution is 5.31. The summed E-state index contributed by atoms with van der Waals surface area (Å²) in [6, 6.07) is 1.82. The Bertz CT molecular complexity index is 476. The van der Waals surface area contributed by atoms with Crippen molar-refractivity contribution in [2.45, 2.75) is 20.1 Å². The minimum absolute atomic E-state index is 0.408. The molecule has 7 nitrogen and oxygen atoms in total. The first kappa shape index (κ1) is 10.6. The summed E-state index contributed by atoms with van der Waals surface area (Å²) in [7, 11) is 1.60. The highest BCUT2D eigenvalue weighted by Crippen LogP contribution is 2.09. The van der Waals surface area contributed by atoms with E-state index in [0.29, 0.717) is 24.7 Å². The molecule has 7 heteroatoms. The smallest absolute Gasteiger partial charge is 0.168 e. The lowest BCUT2D eigenvalue weighted by Gasteiger charge is -1.98. The Morgan fingerprint density at radius 1 is 1.56 bits per heavy atom. The maximum absolute atomic E-state index is 5.59. The van der Waals surface area contributed by atoms with E-state index in [9.17, 15) is 0 Å². The lowest BCUT2D eigenvalue weighted by molar-refractivity contribution is 0.155. The summed E-state index contributed by atoms with van der Waals surface area (Å²) < 4.78 is 11.7. The van der Waals surface area contributed by atoms with Gasteiger partial charge in [-0.3, -0.25) is 0 Å². The Morgan fingerprint density at radius 3 is 3.00 bits per heavy atom. The minimum Gasteiger partial charge on any atom is -0.381 e. The summed E-state index contributed by atoms with van der Waals surface area (Å²) in [4.78, 5) is 0. The van der Waals surface area contributed by atoms with Crippen LogP contribution in [0.15, 0.2) is 10.6 Å². The Balaban J connectivity index is 2.11. The second-order valence-electron chi connectivity index (χ2n) is 3.44. The van der Waals surface area contributed by atoms with Crippen molar-refractivity contribution >= 4 is 5.82 Å². The maximum atomic E-state index is 5.59. The summed E-state index contributed by atoms with van der Waals surface area (Å²) >= 11 is 0. The summed E-state index contributed by atoms with van der Waals surface area (Å²) in [5.74, 6) is 1.11. The first-order valence-electron chi connectivity index (χ1n) is 4.79. The summed E-state index contributed by atoms with van der Waals surface area (Å²) in [6.45, 7) is 2.75. The molecule has 0 aromatic carbocycles. The van der Waals surface area contributed by atoms with Crippen LogP contribution in [0.4, 0.5) is 5.82 Å². The molecule has 0 fully saturated rings. The van der Waals surface area contributed by atoms with Crippen molar-refractivity contribution in [1.29, 1.82) is 0 Å². The van der Waals surface area contributed by atoms with Gasteiger partial charge in [0.2, 0.25) is 0 Å². The zero-order chi connectivity index (χ0) is 11.5. The molecule has 86 valence electrons. The molecule has 0 aliphatic carbocycles. The topological polar surface area (TPSA) is 92.0 Å². The van der Waals surface area contributed by atoms with Crippen LogP contribution in [0.1, 0.15) is 17.1 Å². The number of aromatic nitrogens is 4. The van der Waals surface area contributed by atoms with Crippen molar-refractivity contribution in [1.82, 2.24) is 20.2 Å². The third kappa shape index (κ3) is 2.03. The molecule has 0 atom stereocenters. The maximum Gasteiger partial charge on any atom is 0.168 e. The zero-order valence-electron chi connectivity index (χ0n) is 9.17. The Kier molecular flexibility index (Phi) is 2.86. The molecule has 0 aliphatic rings. The van der Waals surface area contributed by atoms with Crippen LogP contribution in [0.2, 0.25) is 0 Å². The molecule has 2 aromatic rings. The molecule has 0 saturated carbocycles. The van der Waals surface area contributed by atoms with E-state index < -0.39 is 0 Å². The Morgan fingerprint density at radius 2 is 2.38 bits per heavy atom. The third-order valence-corrected chi connectivity index (χ3v) is 2.22. The molecule has 0 bridgehead atoms. The zero-order valence-corrected chi connectivity index (χ0v) is 9.17. The monoisotopic (exact) mass is 223 g/mol. The lowest BCUT2D eigenvalue weighted by Crippen LogP contribution is -2.04. The molecule has 16 heavy (non-hydrogen) atoms. The minimum atomic E-state index is 0.408. The second kappa shape index (κ2) is 4.31. The number of anilines is 1. The van der Waals surface area contributed by atoms with Crippen LogP contribution in [-0.4, -0.2) is 27.3 Å². The molecule has 0 radical (unpaired) electrons. The predicted molar refractivity (Wildman–Crippen MR) is 55.5 cm³/mol. The first-order valence-corrected chi connectivity index (χ1v) is 4.79. The molecule has 2 N–H and O–H groups in total. The Hall–Kier alpha value is -1.89. The van der Waals surface area contributed by atoms with Crippen molar-refractivity contribution in [2.75, 3.05) is 12.8 Å². The van der Waals surface area contributed by atoms with Crippen molar-refractivity contribution in [3.8, 4) is 0 Å². The molecule has 0 saturated heterocycles. The van der Waals surface area contributed by atoms with Gasteiger partial charge in [-0.1, -0.05) is 10.4 Å². The number of ether oxygens (including phenoxy) is 1. The van der Waals surface area contributed by atoms with Gasteiger partial charge >= 0.3 is 0 Å². The lowest BCUT2D eigenvalue weighted by atomic mass is 10.3. The van der Waals surface area contributed by atoms with E-state index in [0.717, 1.165) is 11.4 Å². The highest BCUT2D eigenvalue weighted by Gasteiger charge is 2.09. The number of methoxy groups -OCH3 is 1. The average molecular weight is 223 g/mol. The van der Waals surface area contributed by atoms with Crippen molar-refractivity contribution in [3.63, 3.8) is 0 Å². The van der Waals surface area contributed by atoms with Crippen molar-refractivity contribution < 1.29 is 9.26 Å². The summed E-state index contributed by atoms with van der Waals surface area (Å²) in [5.41, 5.74) is 7.17. The van der Waals surface area contributed by atoms with Gasteiger partial charge in [0.05, 0.1) is 12.2 Å². The number of nitrogen functional groups attached to an aromatic ring is 1. The number of nitrogens with zero attached hydrogens (tertiary/aromatic N) is 4. The van der Waals surface area contributed by atoms with E-state index >= 15 is 0 Å². The third-order valence-electron chi connectivity index (χ3n) is 2.22. The van der Waals surface area contributed by atoms with E-state index in [1.807, 2.05) is 13.0 Å². The Labute approximate surface area is 92.2 Å². The molecule has 2 rings (SSSR count). The molecule has 0 aliphatic heterocycles. The largest absolute Gasteiger partial charge is 0.381 e. The van der Waals surface area contributed by atoms with Crippen LogP contribution in [0.5, 0.6) is 0 Å². The second-order valence-corrected chi connectivity index (χ2v) is 3.44. The van der Waals surface area contributed by atoms with E-state index in [1.165, 1.54) is 0 Å². The van der Waals surface area contributed by atoms with Gasteiger partial charge in [0.25, 0.3) is 0 Å². The van der Waals surface area contributed by atoms with Crippen LogP contribution >= 0.6 is 0 Å². The molecule has 2 heterocycles. The molecule has 0 amide bonds. The van der Waals surface area contributed by atoms with Gasteiger partial charge < -0.3 is 15.0 Å². The molecule has 2 aromatic heterocycles. The SMILES string of the molecule is COCc1cc(Cn2nnc(N)c2C)no1. The quantitative estimate of drug-likeness (QED) is 0.804. The summed E-state index contributed by atoms with van der Waals surface area (Å²) in [5, 5.41) is 11.6. The van der Waals surface area contributed by atoms with E-state index in [2.05, 4.69) is 15.5 Å². The van der Waals surface area contributed by atoms with Crippen LogP contribution < -0.4 is 5.73 Å². The van der Waals surface area contributed by atoms with E-state index in [-0.39, 0.29) is 0 Å². The van der Waals surface area contributed by atoms with Crippen LogP contribution in [0.25, 0.3) is 0 Å². The van der Waals surface area contributed by atoms with Gasteiger partial charge in [-0.2, -0.15) is 0 Å². The van der Waals surface area contributed by atoms with Crippen LogP contribution in [-0.2, 0) is 17.9 Å². The molecule has 0 unspecified atom stereocenters. The van der Waals surface area contributed by atoms with Gasteiger partial charge in [-0.05, 0) is 6.92 Å². The van der Waals surface area contributed by atoms with Crippen molar-refractivity contribution in [3.05, 3.63) is 23.2 Å². The fourth-order valence-corrected chi connectivity index (χ4v) is 1.32. The number of hydrogen-bond acceptors (Lipinski definition) is 6. The molecular formula is C9H13N5O2. The standard InChI is InChI=1S/C9H13N5O2/c1-6-9(10)11-13-14(6)4-7-3-8(5-15-2)16-12-7/h3H,4-5,10H2,1-2H3. The van der Waals surface area contributed by atoms with E-state index in [1.54, 1.807) is 11.8 Å². The van der Waals surface area contributed by atoms with Gasteiger partial charge in [-0.25, -0.2) is 4.68 Å². The molecule has 0 spiro atoms. The van der Waals surface area contributed by atoms with Crippen LogP contribution in [0, 0.1) is 6.92 Å².